The van der Waals surface area contributed by atoms with Crippen molar-refractivity contribution in [2.45, 2.75) is 25.8 Å². The molecule has 1 rings (SSSR count). The second kappa shape index (κ2) is 5.84. The van der Waals surface area contributed by atoms with Crippen LogP contribution < -0.4 is 5.32 Å². The lowest BCUT2D eigenvalue weighted by molar-refractivity contribution is -0.147. The van der Waals surface area contributed by atoms with Crippen molar-refractivity contribution in [2.24, 2.45) is 5.92 Å². The molecule has 92 valence electrons. The molecule has 1 fully saturated rings. The van der Waals surface area contributed by atoms with Crippen molar-refractivity contribution in [1.29, 1.82) is 0 Å². The van der Waals surface area contributed by atoms with E-state index in [1.165, 1.54) is 12.0 Å². The normalized spacial score (nSPS) is 24.9. The van der Waals surface area contributed by atoms with Gasteiger partial charge in [-0.15, -0.1) is 0 Å². The third-order valence-electron chi connectivity index (χ3n) is 2.94. The molecule has 16 heavy (non-hydrogen) atoms. The van der Waals surface area contributed by atoms with Gasteiger partial charge in [0.1, 0.15) is 6.54 Å². The molecule has 1 aliphatic rings. The fourth-order valence-electron chi connectivity index (χ4n) is 2.00. The fourth-order valence-corrected chi connectivity index (χ4v) is 2.00. The molecule has 0 aromatic rings. The minimum atomic E-state index is -0.377. The lowest BCUT2D eigenvalue weighted by atomic mass is 9.92. The first-order valence-electron chi connectivity index (χ1n) is 5.59. The summed E-state index contributed by atoms with van der Waals surface area (Å²) in [6.07, 6.45) is 1.68. The highest BCUT2D eigenvalue weighted by molar-refractivity contribution is 5.83. The summed E-state index contributed by atoms with van der Waals surface area (Å²) in [4.78, 5) is 24.5. The highest BCUT2D eigenvalue weighted by Gasteiger charge is 2.27. The van der Waals surface area contributed by atoms with Crippen molar-refractivity contribution in [3.8, 4) is 0 Å². The Morgan fingerprint density at radius 3 is 2.75 bits per heavy atom. The van der Waals surface area contributed by atoms with Gasteiger partial charge in [-0.1, -0.05) is 0 Å². The Kier molecular flexibility index (Phi) is 4.73. The standard InChI is InChI=1S/C11H20N2O3/c1-8-6-9(4-5-12-8)11(15)13(2)7-10(14)16-3/h8-9,12H,4-7H2,1-3H3. The van der Waals surface area contributed by atoms with Crippen LogP contribution in [0.25, 0.3) is 0 Å². The third kappa shape index (κ3) is 3.48. The zero-order valence-corrected chi connectivity index (χ0v) is 10.2. The van der Waals surface area contributed by atoms with Gasteiger partial charge in [0.25, 0.3) is 0 Å². The number of hydrogen-bond acceptors (Lipinski definition) is 4. The van der Waals surface area contributed by atoms with Gasteiger partial charge in [0.2, 0.25) is 5.91 Å². The van der Waals surface area contributed by atoms with Crippen molar-refractivity contribution in [3.63, 3.8) is 0 Å². The second-order valence-corrected chi connectivity index (χ2v) is 4.35. The Labute approximate surface area is 96.1 Å². The summed E-state index contributed by atoms with van der Waals surface area (Å²) in [7, 11) is 2.97. The zero-order valence-electron chi connectivity index (χ0n) is 10.2. The molecule has 0 aromatic heterocycles. The summed E-state index contributed by atoms with van der Waals surface area (Å²) in [6, 6.07) is 0.370. The number of piperidine rings is 1. The van der Waals surface area contributed by atoms with Crippen LogP contribution in [0.5, 0.6) is 0 Å². The van der Waals surface area contributed by atoms with E-state index >= 15 is 0 Å². The molecule has 0 spiro atoms. The van der Waals surface area contributed by atoms with Crippen LogP contribution >= 0.6 is 0 Å². The summed E-state index contributed by atoms with van der Waals surface area (Å²) >= 11 is 0. The van der Waals surface area contributed by atoms with Gasteiger partial charge in [-0.2, -0.15) is 0 Å². The van der Waals surface area contributed by atoms with Gasteiger partial charge < -0.3 is 15.0 Å². The Balaban J connectivity index is 2.46. The van der Waals surface area contributed by atoms with E-state index in [9.17, 15) is 9.59 Å². The Bertz CT molecular complexity index is 268. The van der Waals surface area contributed by atoms with Crippen LogP contribution in [-0.4, -0.2) is 50.1 Å². The monoisotopic (exact) mass is 228 g/mol. The molecule has 2 unspecified atom stereocenters. The number of hydrogen-bond donors (Lipinski definition) is 1. The van der Waals surface area contributed by atoms with E-state index in [2.05, 4.69) is 17.0 Å². The Morgan fingerprint density at radius 1 is 1.50 bits per heavy atom. The van der Waals surface area contributed by atoms with Crippen LogP contribution in [0.2, 0.25) is 0 Å². The highest BCUT2D eigenvalue weighted by atomic mass is 16.5. The molecule has 1 saturated heterocycles. The average molecular weight is 228 g/mol. The Hall–Kier alpha value is -1.10. The number of methoxy groups -OCH3 is 1. The predicted molar refractivity (Wildman–Crippen MR) is 59.8 cm³/mol. The number of carbonyl (C=O) groups excluding carboxylic acids is 2. The van der Waals surface area contributed by atoms with Crippen LogP contribution in [0.4, 0.5) is 0 Å². The molecule has 0 aromatic carbocycles. The number of ether oxygens (including phenoxy) is 1. The minimum absolute atomic E-state index is 0.0332. The second-order valence-electron chi connectivity index (χ2n) is 4.35. The van der Waals surface area contributed by atoms with E-state index < -0.39 is 0 Å². The minimum Gasteiger partial charge on any atom is -0.468 e. The fraction of sp³-hybridized carbons (Fsp3) is 0.818. The van der Waals surface area contributed by atoms with Crippen LogP contribution in [0.1, 0.15) is 19.8 Å². The largest absolute Gasteiger partial charge is 0.468 e. The van der Waals surface area contributed by atoms with Crippen molar-refractivity contribution in [2.75, 3.05) is 27.2 Å². The van der Waals surface area contributed by atoms with Crippen molar-refractivity contribution >= 4 is 11.9 Å². The maximum Gasteiger partial charge on any atom is 0.325 e. The van der Waals surface area contributed by atoms with E-state index in [1.807, 2.05) is 0 Å². The van der Waals surface area contributed by atoms with Gasteiger partial charge >= 0.3 is 5.97 Å². The van der Waals surface area contributed by atoms with E-state index in [4.69, 9.17) is 0 Å². The lowest BCUT2D eigenvalue weighted by Crippen LogP contribution is -2.44. The smallest absolute Gasteiger partial charge is 0.325 e. The number of nitrogens with zero attached hydrogens (tertiary/aromatic N) is 1. The van der Waals surface area contributed by atoms with Crippen LogP contribution in [0.3, 0.4) is 0 Å². The van der Waals surface area contributed by atoms with Gasteiger partial charge in [0.05, 0.1) is 7.11 Å². The maximum atomic E-state index is 12.0. The van der Waals surface area contributed by atoms with Crippen LogP contribution in [0.15, 0.2) is 0 Å². The summed E-state index contributed by atoms with van der Waals surface area (Å²) in [5.41, 5.74) is 0. The molecule has 0 bridgehead atoms. The third-order valence-corrected chi connectivity index (χ3v) is 2.94. The first-order valence-corrected chi connectivity index (χ1v) is 5.59. The van der Waals surface area contributed by atoms with Crippen molar-refractivity contribution in [3.05, 3.63) is 0 Å². The molecule has 1 amide bonds. The topological polar surface area (TPSA) is 58.6 Å². The molecule has 1 heterocycles. The number of carbonyl (C=O) groups is 2. The zero-order chi connectivity index (χ0) is 12.1. The van der Waals surface area contributed by atoms with E-state index in [0.717, 1.165) is 19.4 Å². The molecular formula is C11H20N2O3. The quantitative estimate of drug-likeness (QED) is 0.691. The van der Waals surface area contributed by atoms with Crippen molar-refractivity contribution in [1.82, 2.24) is 10.2 Å². The molecule has 1 N–H and O–H groups in total. The molecule has 0 aliphatic carbocycles. The van der Waals surface area contributed by atoms with Crippen LogP contribution in [-0.2, 0) is 14.3 Å². The molecule has 5 nitrogen and oxygen atoms in total. The molecule has 2 atom stereocenters. The van der Waals surface area contributed by atoms with E-state index in [0.29, 0.717) is 6.04 Å². The van der Waals surface area contributed by atoms with Crippen molar-refractivity contribution < 1.29 is 14.3 Å². The average Bonchev–Trinajstić information content (AvgIpc) is 2.27. The van der Waals surface area contributed by atoms with Gasteiger partial charge in [0, 0.05) is 19.0 Å². The van der Waals surface area contributed by atoms with Gasteiger partial charge in [-0.3, -0.25) is 9.59 Å². The number of likely N-dealkylation sites (N-methyl/N-ethyl adjacent to an activating group) is 1. The number of amides is 1. The molecule has 5 heteroatoms. The summed E-state index contributed by atoms with van der Waals surface area (Å²) in [6.45, 7) is 2.97. The maximum absolute atomic E-state index is 12.0. The number of nitrogens with one attached hydrogen (secondary N) is 1. The lowest BCUT2D eigenvalue weighted by Gasteiger charge is -2.29. The van der Waals surface area contributed by atoms with Gasteiger partial charge in [-0.25, -0.2) is 0 Å². The first-order chi connectivity index (χ1) is 7.54. The summed E-state index contributed by atoms with van der Waals surface area (Å²) in [5, 5.41) is 3.30. The molecule has 0 saturated carbocycles. The molecule has 0 radical (unpaired) electrons. The van der Waals surface area contributed by atoms with E-state index in [1.54, 1.807) is 7.05 Å². The summed E-state index contributed by atoms with van der Waals surface area (Å²) in [5.74, 6) is -0.303. The number of rotatable bonds is 3. The highest BCUT2D eigenvalue weighted by Crippen LogP contribution is 2.18. The number of esters is 1. The SMILES string of the molecule is COC(=O)CN(C)C(=O)C1CCNC(C)C1. The molecule has 1 aliphatic heterocycles. The molecular weight excluding hydrogens is 208 g/mol. The predicted octanol–water partition coefficient (Wildman–Crippen LogP) is 0.00590. The van der Waals surface area contributed by atoms with Crippen LogP contribution in [0, 0.1) is 5.92 Å². The summed E-state index contributed by atoms with van der Waals surface area (Å²) < 4.78 is 4.53. The first kappa shape index (κ1) is 13.0. The Morgan fingerprint density at radius 2 is 2.19 bits per heavy atom. The van der Waals surface area contributed by atoms with Gasteiger partial charge in [-0.05, 0) is 26.3 Å². The van der Waals surface area contributed by atoms with Gasteiger partial charge in [0.15, 0.2) is 0 Å². The van der Waals surface area contributed by atoms with E-state index in [-0.39, 0.29) is 24.3 Å².